The van der Waals surface area contributed by atoms with Crippen LogP contribution in [0.3, 0.4) is 0 Å². The lowest BCUT2D eigenvalue weighted by Crippen LogP contribution is -2.34. The van der Waals surface area contributed by atoms with E-state index in [1.165, 1.54) is 0 Å². The Kier molecular flexibility index (Phi) is 12.3. The predicted octanol–water partition coefficient (Wildman–Crippen LogP) is 11.3. The molecule has 4 unspecified atom stereocenters. The van der Waals surface area contributed by atoms with Crippen molar-refractivity contribution in [2.45, 2.75) is 106 Å². The molecule has 52 heavy (non-hydrogen) atoms. The minimum Gasteiger partial charge on any atom is -0.463 e. The Morgan fingerprint density at radius 3 is 1.54 bits per heavy atom. The summed E-state index contributed by atoms with van der Waals surface area (Å²) in [5.41, 5.74) is 1.86. The largest absolute Gasteiger partial charge is 0.463 e. The van der Waals surface area contributed by atoms with Gasteiger partial charge in [0.25, 0.3) is 0 Å². The van der Waals surface area contributed by atoms with E-state index in [1.54, 1.807) is 35.2 Å². The van der Waals surface area contributed by atoms with Gasteiger partial charge in [0.1, 0.15) is 17.2 Å². The minimum absolute atomic E-state index is 0.0955. The van der Waals surface area contributed by atoms with Crippen LogP contribution in [0.5, 0.6) is 0 Å². The first kappa shape index (κ1) is 38.7. The van der Waals surface area contributed by atoms with Crippen LogP contribution in [0.25, 0.3) is 22.9 Å². The summed E-state index contributed by atoms with van der Waals surface area (Å²) in [5, 5.41) is 8.94. The zero-order valence-corrected chi connectivity index (χ0v) is 33.9. The van der Waals surface area contributed by atoms with Crippen LogP contribution >= 0.6 is 22.7 Å². The van der Waals surface area contributed by atoms with Crippen LogP contribution < -0.4 is 10.6 Å². The highest BCUT2D eigenvalue weighted by atomic mass is 32.1. The Morgan fingerprint density at radius 2 is 1.17 bits per heavy atom. The van der Waals surface area contributed by atoms with Gasteiger partial charge in [-0.3, -0.25) is 4.79 Å². The summed E-state index contributed by atoms with van der Waals surface area (Å²) in [6.45, 7) is 20.9. The zero-order valence-electron chi connectivity index (χ0n) is 32.3. The summed E-state index contributed by atoms with van der Waals surface area (Å²) < 4.78 is 24.5. The molecule has 6 rings (SSSR count). The maximum atomic E-state index is 14.3. The number of hydrogen-bond donors (Lipinski definition) is 2. The molecule has 2 fully saturated rings. The van der Waals surface area contributed by atoms with Gasteiger partial charge in [0.2, 0.25) is 0 Å². The van der Waals surface area contributed by atoms with Crippen molar-refractivity contribution in [2.24, 2.45) is 34.5 Å². The SMILES string of the molecule is CC(C)CC(C)(C)CNc1nc(-c2ccco2)c(C2CC(C(=O)C3CCOC(c4sc(NCC(C)(C)CC(C)C)nc4-c4ccco4)C3)CCO2)s1. The van der Waals surface area contributed by atoms with Gasteiger partial charge < -0.3 is 28.9 Å². The number of rotatable bonds is 16. The molecule has 0 amide bonds. The van der Waals surface area contributed by atoms with Crippen LogP contribution in [0.15, 0.2) is 45.6 Å². The number of Topliss-reactive ketones (excluding diaryl/α,β-unsaturated/α-hetero) is 1. The standard InChI is InChI=1S/C41H58N4O5S2/c1-25(2)21-40(5,6)23-42-38-44-33(29-11-9-15-47-29)36(51-38)31-19-27(13-17-49-31)35(46)28-14-18-50-32(20-28)37-34(30-12-10-16-48-30)45-39(52-37)43-24-41(7,8)22-26(3)4/h9-12,15-16,25-28,31-32H,13-14,17-24H2,1-8H3,(H,42,44)(H,43,45). The predicted molar refractivity (Wildman–Crippen MR) is 211 cm³/mol. The first-order valence-electron chi connectivity index (χ1n) is 19.1. The van der Waals surface area contributed by atoms with Gasteiger partial charge in [0.15, 0.2) is 21.8 Å². The lowest BCUT2D eigenvalue weighted by atomic mass is 9.80. The maximum absolute atomic E-state index is 14.3. The van der Waals surface area contributed by atoms with Crippen LogP contribution in [0, 0.1) is 34.5 Å². The Hall–Kier alpha value is -2.99. The third kappa shape index (κ3) is 9.75. The summed E-state index contributed by atoms with van der Waals surface area (Å²) in [5.74, 6) is 2.80. The van der Waals surface area contributed by atoms with Gasteiger partial charge in [-0.25, -0.2) is 9.97 Å². The zero-order chi connectivity index (χ0) is 37.0. The van der Waals surface area contributed by atoms with E-state index >= 15 is 0 Å². The fourth-order valence-corrected chi connectivity index (χ4v) is 10.3. The highest BCUT2D eigenvalue weighted by Gasteiger charge is 2.39. The number of ether oxygens (including phenoxy) is 2. The first-order valence-corrected chi connectivity index (χ1v) is 20.7. The van der Waals surface area contributed by atoms with Crippen molar-refractivity contribution in [3.63, 3.8) is 0 Å². The summed E-state index contributed by atoms with van der Waals surface area (Å²) in [6.07, 6.45) is 7.85. The highest BCUT2D eigenvalue weighted by molar-refractivity contribution is 7.16. The van der Waals surface area contributed by atoms with Crippen LogP contribution in [0.1, 0.15) is 116 Å². The normalized spacial score (nSPS) is 21.6. The minimum atomic E-state index is -0.226. The number of ketones is 1. The molecule has 0 bridgehead atoms. The van der Waals surface area contributed by atoms with Gasteiger partial charge in [0, 0.05) is 38.1 Å². The molecule has 4 aromatic heterocycles. The van der Waals surface area contributed by atoms with Gasteiger partial charge in [-0.1, -0.05) is 78.1 Å². The number of anilines is 2. The van der Waals surface area contributed by atoms with E-state index in [4.69, 9.17) is 28.3 Å². The molecule has 4 aromatic rings. The molecule has 4 atom stereocenters. The smallest absolute Gasteiger partial charge is 0.183 e. The Labute approximate surface area is 317 Å². The number of furan rings is 2. The second-order valence-corrected chi connectivity index (χ2v) is 19.3. The molecular formula is C41H58N4O5S2. The third-order valence-corrected chi connectivity index (χ3v) is 12.3. The molecule has 9 nitrogen and oxygen atoms in total. The van der Waals surface area contributed by atoms with Crippen molar-refractivity contribution >= 4 is 38.7 Å². The fourth-order valence-electron chi connectivity index (χ4n) is 8.23. The molecule has 2 N–H and O–H groups in total. The molecule has 0 spiro atoms. The molecule has 6 heterocycles. The molecule has 284 valence electrons. The number of carbonyl (C=O) groups excluding carboxylic acids is 1. The summed E-state index contributed by atoms with van der Waals surface area (Å²) in [6, 6.07) is 7.67. The average molecular weight is 751 g/mol. The van der Waals surface area contributed by atoms with Gasteiger partial charge in [-0.2, -0.15) is 0 Å². The molecule has 11 heteroatoms. The van der Waals surface area contributed by atoms with Gasteiger partial charge in [-0.15, -0.1) is 0 Å². The molecule has 2 aliphatic heterocycles. The van der Waals surface area contributed by atoms with Crippen molar-refractivity contribution < 1.29 is 23.1 Å². The van der Waals surface area contributed by atoms with Gasteiger partial charge in [-0.05, 0) is 85.5 Å². The number of nitrogens with zero attached hydrogens (tertiary/aromatic N) is 2. The molecule has 0 aliphatic carbocycles. The summed E-state index contributed by atoms with van der Waals surface area (Å²) >= 11 is 3.24. The molecule has 0 radical (unpaired) electrons. The number of aromatic nitrogens is 2. The Bertz CT molecular complexity index is 1600. The van der Waals surface area contributed by atoms with Crippen molar-refractivity contribution in [3.8, 4) is 22.9 Å². The van der Waals surface area contributed by atoms with E-state index in [0.717, 1.165) is 81.7 Å². The molecule has 2 saturated heterocycles. The van der Waals surface area contributed by atoms with E-state index in [-0.39, 0.29) is 34.9 Å². The second kappa shape index (κ2) is 16.6. The first-order chi connectivity index (χ1) is 24.8. The third-order valence-electron chi connectivity index (χ3n) is 10.1. The van der Waals surface area contributed by atoms with Crippen molar-refractivity contribution in [2.75, 3.05) is 36.9 Å². The van der Waals surface area contributed by atoms with Gasteiger partial charge in [0.05, 0.1) is 34.5 Å². The maximum Gasteiger partial charge on any atom is 0.183 e. The molecule has 0 aromatic carbocycles. The van der Waals surface area contributed by atoms with Crippen molar-refractivity contribution in [3.05, 3.63) is 46.5 Å². The van der Waals surface area contributed by atoms with Crippen LogP contribution in [0.4, 0.5) is 10.3 Å². The van der Waals surface area contributed by atoms with E-state index in [9.17, 15) is 4.79 Å². The Morgan fingerprint density at radius 1 is 0.750 bits per heavy atom. The van der Waals surface area contributed by atoms with Crippen LogP contribution in [-0.4, -0.2) is 42.1 Å². The highest BCUT2D eigenvalue weighted by Crippen LogP contribution is 2.46. The van der Waals surface area contributed by atoms with Crippen LogP contribution in [0.2, 0.25) is 0 Å². The average Bonchev–Trinajstić information content (AvgIpc) is 3.92. The van der Waals surface area contributed by atoms with E-state index in [2.05, 4.69) is 66.0 Å². The molecular weight excluding hydrogens is 693 g/mol. The second-order valence-electron chi connectivity index (χ2n) is 17.2. The number of nitrogens with one attached hydrogen (secondary N) is 2. The number of hydrogen-bond acceptors (Lipinski definition) is 11. The molecule has 2 aliphatic rings. The van der Waals surface area contributed by atoms with Crippen LogP contribution in [-0.2, 0) is 14.3 Å². The number of thiazole rings is 2. The monoisotopic (exact) mass is 750 g/mol. The number of carbonyl (C=O) groups is 1. The lowest BCUT2D eigenvalue weighted by molar-refractivity contribution is -0.137. The fraction of sp³-hybridized carbons (Fsp3) is 0.634. The van der Waals surface area contributed by atoms with E-state index in [0.29, 0.717) is 43.7 Å². The van der Waals surface area contributed by atoms with E-state index < -0.39 is 0 Å². The Balaban J connectivity index is 1.16. The summed E-state index contributed by atoms with van der Waals surface area (Å²) in [7, 11) is 0. The topological polar surface area (TPSA) is 112 Å². The molecule has 0 saturated carbocycles. The lowest BCUT2D eigenvalue weighted by Gasteiger charge is -2.34. The summed E-state index contributed by atoms with van der Waals surface area (Å²) in [4.78, 5) is 26.4. The quantitative estimate of drug-likeness (QED) is 0.116. The van der Waals surface area contributed by atoms with Crippen molar-refractivity contribution in [1.29, 1.82) is 0 Å². The van der Waals surface area contributed by atoms with Crippen molar-refractivity contribution in [1.82, 2.24) is 9.97 Å². The van der Waals surface area contributed by atoms with Gasteiger partial charge >= 0.3 is 0 Å². The van der Waals surface area contributed by atoms with E-state index in [1.807, 2.05) is 24.3 Å².